The molecule has 0 bridgehead atoms. The maximum atomic E-state index is 13.5. The van der Waals surface area contributed by atoms with Crippen molar-refractivity contribution in [2.45, 2.75) is 45.6 Å². The van der Waals surface area contributed by atoms with E-state index in [4.69, 9.17) is 10.5 Å². The molecule has 0 aliphatic carbocycles. The lowest BCUT2D eigenvalue weighted by Crippen LogP contribution is -2.43. The predicted molar refractivity (Wildman–Crippen MR) is 114 cm³/mol. The minimum absolute atomic E-state index is 0.0359. The van der Waals surface area contributed by atoms with Gasteiger partial charge < -0.3 is 15.4 Å². The van der Waals surface area contributed by atoms with E-state index >= 15 is 0 Å². The highest BCUT2D eigenvalue weighted by molar-refractivity contribution is 7.18. The van der Waals surface area contributed by atoms with E-state index in [0.29, 0.717) is 35.6 Å². The Morgan fingerprint density at radius 2 is 2.07 bits per heavy atom. The van der Waals surface area contributed by atoms with Crippen LogP contribution < -0.4 is 5.73 Å². The number of ether oxygens (including phenoxy) is 1. The van der Waals surface area contributed by atoms with Gasteiger partial charge in [-0.15, -0.1) is 11.3 Å². The Hall–Kier alpha value is -2.41. The molecule has 0 radical (unpaired) electrons. The number of hydrogen-bond donors (Lipinski definition) is 1. The van der Waals surface area contributed by atoms with Crippen molar-refractivity contribution < 1.29 is 18.7 Å². The molecule has 1 amide bonds. The van der Waals surface area contributed by atoms with E-state index in [1.807, 2.05) is 20.8 Å². The lowest BCUT2D eigenvalue weighted by molar-refractivity contribution is 0.0161. The lowest BCUT2D eigenvalue weighted by atomic mass is 9.92. The number of nitrogens with zero attached hydrogens (tertiary/aromatic N) is 1. The number of Topliss-reactive ketones (excluding diaryl/α,β-unsaturated/α-hetero) is 1. The van der Waals surface area contributed by atoms with E-state index < -0.39 is 5.60 Å². The summed E-state index contributed by atoms with van der Waals surface area (Å²) in [6, 6.07) is 7.96. The fourth-order valence-electron chi connectivity index (χ4n) is 3.49. The molecule has 0 unspecified atom stereocenters. The number of likely N-dealkylation sites (tertiary alicyclic amines) is 1. The molecule has 0 spiro atoms. The topological polar surface area (TPSA) is 72.6 Å². The molecule has 156 valence electrons. The number of thiophene rings is 1. The van der Waals surface area contributed by atoms with E-state index in [0.717, 1.165) is 17.7 Å². The highest BCUT2D eigenvalue weighted by Crippen LogP contribution is 2.35. The first-order valence-electron chi connectivity index (χ1n) is 9.79. The number of nitrogen functional groups attached to an aromatic ring is 1. The first kappa shape index (κ1) is 21.3. The number of rotatable bonds is 4. The smallest absolute Gasteiger partial charge is 0.410 e. The summed E-state index contributed by atoms with van der Waals surface area (Å²) in [4.78, 5) is 28.1. The van der Waals surface area contributed by atoms with Crippen molar-refractivity contribution >= 4 is 28.9 Å². The third-order valence-corrected chi connectivity index (χ3v) is 6.01. The zero-order valence-corrected chi connectivity index (χ0v) is 17.9. The summed E-state index contributed by atoms with van der Waals surface area (Å²) in [6.07, 6.45) is 1.71. The Labute approximate surface area is 174 Å². The van der Waals surface area contributed by atoms with Crippen LogP contribution in [0.3, 0.4) is 0 Å². The molecule has 1 atom stereocenters. The molecule has 3 rings (SSSR count). The Morgan fingerprint density at radius 3 is 2.76 bits per heavy atom. The van der Waals surface area contributed by atoms with Crippen molar-refractivity contribution in [2.75, 3.05) is 18.8 Å². The van der Waals surface area contributed by atoms with Gasteiger partial charge in [0, 0.05) is 24.4 Å². The van der Waals surface area contributed by atoms with Gasteiger partial charge in [0.25, 0.3) is 0 Å². The van der Waals surface area contributed by atoms with Gasteiger partial charge in [-0.2, -0.15) is 0 Å². The van der Waals surface area contributed by atoms with Crippen LogP contribution in [0, 0.1) is 11.7 Å². The Kier molecular flexibility index (Phi) is 6.27. The summed E-state index contributed by atoms with van der Waals surface area (Å²) in [7, 11) is 0. The molecular weight excluding hydrogens is 391 g/mol. The maximum absolute atomic E-state index is 13.5. The third-order valence-electron chi connectivity index (χ3n) is 4.77. The summed E-state index contributed by atoms with van der Waals surface area (Å²) in [5.74, 6) is -0.291. The van der Waals surface area contributed by atoms with Crippen molar-refractivity contribution in [1.29, 1.82) is 0 Å². The van der Waals surface area contributed by atoms with Crippen molar-refractivity contribution in [1.82, 2.24) is 4.90 Å². The van der Waals surface area contributed by atoms with E-state index in [1.54, 1.807) is 23.1 Å². The highest BCUT2D eigenvalue weighted by Gasteiger charge is 2.29. The molecule has 2 N–H and O–H groups in total. The zero-order chi connectivity index (χ0) is 21.2. The molecule has 5 nitrogen and oxygen atoms in total. The molecule has 1 saturated heterocycles. The number of ketones is 1. The average molecular weight is 419 g/mol. The summed E-state index contributed by atoms with van der Waals surface area (Å²) in [6.45, 7) is 6.66. The monoisotopic (exact) mass is 418 g/mol. The maximum Gasteiger partial charge on any atom is 0.410 e. The number of piperidine rings is 1. The standard InChI is InChI=1S/C22H27FN2O3S/c1-22(2,3)28-21(27)25-9-5-6-14(13-25)10-18(26)20-17(24)12-19(29-20)15-7-4-8-16(23)11-15/h4,7-8,11-12,14H,5-6,9-10,13,24H2,1-3H3/t14-/m1/s1. The molecule has 29 heavy (non-hydrogen) atoms. The van der Waals surface area contributed by atoms with Gasteiger partial charge >= 0.3 is 6.09 Å². The van der Waals surface area contributed by atoms with Crippen molar-refractivity contribution in [3.8, 4) is 10.4 Å². The molecule has 7 heteroatoms. The van der Waals surface area contributed by atoms with Crippen LogP contribution in [0.4, 0.5) is 14.9 Å². The van der Waals surface area contributed by atoms with Crippen molar-refractivity contribution in [3.63, 3.8) is 0 Å². The van der Waals surface area contributed by atoms with E-state index in [9.17, 15) is 14.0 Å². The Morgan fingerprint density at radius 1 is 1.31 bits per heavy atom. The molecule has 1 aliphatic heterocycles. The number of amides is 1. The van der Waals surface area contributed by atoms with Gasteiger partial charge in [-0.25, -0.2) is 9.18 Å². The normalized spacial score (nSPS) is 17.2. The van der Waals surface area contributed by atoms with Crippen LogP contribution in [0.15, 0.2) is 30.3 Å². The number of benzene rings is 1. The third kappa shape index (κ3) is 5.56. The van der Waals surface area contributed by atoms with Gasteiger partial charge in [-0.3, -0.25) is 4.79 Å². The van der Waals surface area contributed by atoms with Crippen LogP contribution in [0.5, 0.6) is 0 Å². The average Bonchev–Trinajstić information content (AvgIpc) is 3.02. The number of halogens is 1. The lowest BCUT2D eigenvalue weighted by Gasteiger charge is -2.33. The van der Waals surface area contributed by atoms with Gasteiger partial charge in [-0.05, 0) is 63.3 Å². The SMILES string of the molecule is CC(C)(C)OC(=O)N1CCC[C@H](CC(=O)c2sc(-c3cccc(F)c3)cc2N)C1. The number of hydrogen-bond acceptors (Lipinski definition) is 5. The molecule has 2 heterocycles. The molecule has 2 aromatic rings. The molecule has 1 aromatic heterocycles. The summed E-state index contributed by atoms with van der Waals surface area (Å²) < 4.78 is 18.9. The number of carbonyl (C=O) groups is 2. The molecule has 1 aliphatic rings. The first-order chi connectivity index (χ1) is 13.6. The minimum atomic E-state index is -0.543. The zero-order valence-electron chi connectivity index (χ0n) is 17.0. The second-order valence-corrected chi connectivity index (χ2v) is 9.52. The largest absolute Gasteiger partial charge is 0.444 e. The van der Waals surface area contributed by atoms with Crippen LogP contribution in [-0.2, 0) is 4.74 Å². The molecule has 1 fully saturated rings. The number of carbonyl (C=O) groups excluding carboxylic acids is 2. The summed E-state index contributed by atoms with van der Waals surface area (Å²) in [5.41, 5.74) is 6.66. The molecule has 0 saturated carbocycles. The van der Waals surface area contributed by atoms with E-state index in [1.165, 1.54) is 23.5 Å². The van der Waals surface area contributed by atoms with Gasteiger partial charge in [0.05, 0.1) is 10.6 Å². The van der Waals surface area contributed by atoms with Gasteiger partial charge in [0.1, 0.15) is 11.4 Å². The second-order valence-electron chi connectivity index (χ2n) is 8.47. The van der Waals surface area contributed by atoms with Crippen molar-refractivity contribution in [3.05, 3.63) is 41.0 Å². The number of anilines is 1. The van der Waals surface area contributed by atoms with Crippen molar-refractivity contribution in [2.24, 2.45) is 5.92 Å². The Balaban J connectivity index is 1.66. The first-order valence-corrected chi connectivity index (χ1v) is 10.6. The van der Waals surface area contributed by atoms with Gasteiger partial charge in [-0.1, -0.05) is 12.1 Å². The number of nitrogens with two attached hydrogens (primary N) is 1. The van der Waals surface area contributed by atoms with Crippen LogP contribution in [0.25, 0.3) is 10.4 Å². The molecular formula is C22H27FN2O3S. The fraction of sp³-hybridized carbons (Fsp3) is 0.455. The van der Waals surface area contributed by atoms with Crippen LogP contribution in [0.2, 0.25) is 0 Å². The van der Waals surface area contributed by atoms with E-state index in [-0.39, 0.29) is 23.6 Å². The van der Waals surface area contributed by atoms with Crippen LogP contribution in [-0.4, -0.2) is 35.5 Å². The van der Waals surface area contributed by atoms with Crippen LogP contribution >= 0.6 is 11.3 Å². The fourth-order valence-corrected chi connectivity index (χ4v) is 4.51. The Bertz CT molecular complexity index is 904. The molecule has 1 aromatic carbocycles. The van der Waals surface area contributed by atoms with Gasteiger partial charge in [0.15, 0.2) is 5.78 Å². The second kappa shape index (κ2) is 8.53. The van der Waals surface area contributed by atoms with Gasteiger partial charge in [0.2, 0.25) is 0 Å². The quantitative estimate of drug-likeness (QED) is 0.679. The highest BCUT2D eigenvalue weighted by atomic mass is 32.1. The summed E-state index contributed by atoms with van der Waals surface area (Å²) in [5, 5.41) is 0. The summed E-state index contributed by atoms with van der Waals surface area (Å²) >= 11 is 1.29. The van der Waals surface area contributed by atoms with E-state index in [2.05, 4.69) is 0 Å². The minimum Gasteiger partial charge on any atom is -0.444 e. The van der Waals surface area contributed by atoms with Crippen LogP contribution in [0.1, 0.15) is 49.7 Å². The predicted octanol–water partition coefficient (Wildman–Crippen LogP) is 5.36.